The second-order valence-electron chi connectivity index (χ2n) is 3.31. The third kappa shape index (κ3) is 3.13. The van der Waals surface area contributed by atoms with E-state index in [2.05, 4.69) is 16.4 Å². The van der Waals surface area contributed by atoms with Gasteiger partial charge >= 0.3 is 0 Å². The summed E-state index contributed by atoms with van der Waals surface area (Å²) in [5.41, 5.74) is 0.674. The molecule has 1 atom stereocenters. The maximum Gasteiger partial charge on any atom is 0.290 e. The van der Waals surface area contributed by atoms with Gasteiger partial charge in [-0.3, -0.25) is 4.79 Å². The Kier molecular flexibility index (Phi) is 3.92. The van der Waals surface area contributed by atoms with Crippen LogP contribution in [0, 0.1) is 19.3 Å². The van der Waals surface area contributed by atoms with Crippen LogP contribution in [0.2, 0.25) is 0 Å². The number of nitrogens with zero attached hydrogens (tertiary/aromatic N) is 1. The fraction of sp³-hybridized carbons (Fsp3) is 0.455. The first-order valence-electron chi connectivity index (χ1n) is 4.87. The van der Waals surface area contributed by atoms with Crippen LogP contribution in [0.4, 0.5) is 0 Å². The Morgan fingerprint density at radius 3 is 3.00 bits per heavy atom. The van der Waals surface area contributed by atoms with E-state index in [0.29, 0.717) is 5.69 Å². The van der Waals surface area contributed by atoms with Crippen LogP contribution in [0.25, 0.3) is 0 Å². The van der Waals surface area contributed by atoms with E-state index >= 15 is 0 Å². The molecule has 0 aromatic carbocycles. The van der Waals surface area contributed by atoms with Crippen LogP contribution in [0.15, 0.2) is 10.6 Å². The van der Waals surface area contributed by atoms with Crippen molar-refractivity contribution in [3.63, 3.8) is 0 Å². The van der Waals surface area contributed by atoms with E-state index < -0.39 is 0 Å². The Bertz CT molecular complexity index is 376. The minimum atomic E-state index is -0.313. The van der Waals surface area contributed by atoms with Crippen molar-refractivity contribution >= 4 is 5.91 Å². The average molecular weight is 206 g/mol. The van der Waals surface area contributed by atoms with E-state index in [9.17, 15) is 4.79 Å². The number of rotatable bonds is 4. The zero-order chi connectivity index (χ0) is 11.3. The van der Waals surface area contributed by atoms with Gasteiger partial charge in [0.15, 0.2) is 0 Å². The molecule has 0 saturated carbocycles. The molecule has 0 spiro atoms. The van der Waals surface area contributed by atoms with Gasteiger partial charge in [-0.2, -0.15) is 0 Å². The van der Waals surface area contributed by atoms with Gasteiger partial charge in [-0.15, -0.1) is 6.42 Å². The van der Waals surface area contributed by atoms with Gasteiger partial charge in [0.25, 0.3) is 5.91 Å². The Hall–Kier alpha value is -1.76. The zero-order valence-electron chi connectivity index (χ0n) is 8.91. The molecule has 0 aliphatic rings. The van der Waals surface area contributed by atoms with Gasteiger partial charge in [-0.05, 0) is 13.3 Å². The molecule has 0 aliphatic carbocycles. The summed E-state index contributed by atoms with van der Waals surface area (Å²) in [5.74, 6) is 2.40. The molecule has 1 aromatic rings. The maximum absolute atomic E-state index is 11.6. The first-order valence-corrected chi connectivity index (χ1v) is 4.87. The second-order valence-corrected chi connectivity index (χ2v) is 3.31. The Morgan fingerprint density at radius 2 is 2.53 bits per heavy atom. The molecule has 1 aromatic heterocycles. The van der Waals surface area contributed by atoms with Crippen LogP contribution < -0.4 is 5.32 Å². The molecule has 80 valence electrons. The Balaban J connectivity index is 2.59. The lowest BCUT2D eigenvalue weighted by atomic mass is 10.2. The van der Waals surface area contributed by atoms with Crippen LogP contribution >= 0.6 is 0 Å². The molecule has 1 amide bonds. The molecule has 0 aliphatic heterocycles. The number of terminal acetylenes is 1. The fourth-order valence-corrected chi connectivity index (χ4v) is 1.19. The smallest absolute Gasteiger partial charge is 0.290 e. The number of carbonyl (C=O) groups excluding carboxylic acids is 1. The van der Waals surface area contributed by atoms with Crippen LogP contribution in [-0.4, -0.2) is 17.1 Å². The van der Waals surface area contributed by atoms with Gasteiger partial charge in [-0.25, -0.2) is 0 Å². The lowest BCUT2D eigenvalue weighted by molar-refractivity contribution is 0.0907. The molecule has 1 N–H and O–H groups in total. The van der Waals surface area contributed by atoms with Gasteiger partial charge < -0.3 is 9.84 Å². The van der Waals surface area contributed by atoms with Gasteiger partial charge in [0.2, 0.25) is 5.76 Å². The quantitative estimate of drug-likeness (QED) is 0.760. The summed E-state index contributed by atoms with van der Waals surface area (Å²) in [4.78, 5) is 11.6. The number of aryl methyl sites for hydroxylation is 1. The number of nitrogens with one attached hydrogen (secondary N) is 1. The van der Waals surface area contributed by atoms with Crippen LogP contribution in [0.1, 0.15) is 36.0 Å². The van der Waals surface area contributed by atoms with Crippen LogP contribution in [0.3, 0.4) is 0 Å². The molecule has 4 nitrogen and oxygen atoms in total. The molecule has 4 heteroatoms. The summed E-state index contributed by atoms with van der Waals surface area (Å²) in [6, 6.07) is 1.34. The topological polar surface area (TPSA) is 55.1 Å². The molecule has 1 unspecified atom stereocenters. The van der Waals surface area contributed by atoms with Gasteiger partial charge in [0.1, 0.15) is 0 Å². The van der Waals surface area contributed by atoms with E-state index in [1.807, 2.05) is 6.92 Å². The van der Waals surface area contributed by atoms with Crippen LogP contribution in [0.5, 0.6) is 0 Å². The van der Waals surface area contributed by atoms with Crippen molar-refractivity contribution in [3.05, 3.63) is 17.5 Å². The standard InChI is InChI=1S/C11H14N2O2/c1-4-6-9(5-2)12-11(14)10-7-8(3)13-15-10/h2,7,9H,4,6H2,1,3H3,(H,12,14). The van der Waals surface area contributed by atoms with Crippen LogP contribution in [-0.2, 0) is 0 Å². The average Bonchev–Trinajstić information content (AvgIpc) is 2.64. The van der Waals surface area contributed by atoms with E-state index in [4.69, 9.17) is 10.9 Å². The summed E-state index contributed by atoms with van der Waals surface area (Å²) < 4.78 is 4.82. The molecule has 0 saturated heterocycles. The van der Waals surface area contributed by atoms with Gasteiger partial charge in [0, 0.05) is 6.07 Å². The number of hydrogen-bond donors (Lipinski definition) is 1. The SMILES string of the molecule is C#CC(CCC)NC(=O)c1cc(C)no1. The van der Waals surface area contributed by atoms with Gasteiger partial charge in [0.05, 0.1) is 11.7 Å². The summed E-state index contributed by atoms with van der Waals surface area (Å²) >= 11 is 0. The molecule has 1 heterocycles. The predicted octanol–water partition coefficient (Wildman–Crippen LogP) is 1.51. The predicted molar refractivity (Wildman–Crippen MR) is 56.2 cm³/mol. The summed E-state index contributed by atoms with van der Waals surface area (Å²) in [6.45, 7) is 3.76. The van der Waals surface area contributed by atoms with Crippen molar-refractivity contribution in [2.45, 2.75) is 32.7 Å². The largest absolute Gasteiger partial charge is 0.351 e. The van der Waals surface area contributed by atoms with E-state index in [-0.39, 0.29) is 17.7 Å². The monoisotopic (exact) mass is 206 g/mol. The van der Waals surface area contributed by atoms with Crippen molar-refractivity contribution in [2.24, 2.45) is 0 Å². The lowest BCUT2D eigenvalue weighted by Crippen LogP contribution is -2.33. The zero-order valence-corrected chi connectivity index (χ0v) is 8.91. The molecule has 15 heavy (non-hydrogen) atoms. The minimum absolute atomic E-state index is 0.198. The van der Waals surface area contributed by atoms with E-state index in [1.165, 1.54) is 0 Å². The molecule has 0 fully saturated rings. The third-order valence-electron chi connectivity index (χ3n) is 1.94. The molecule has 0 radical (unpaired) electrons. The van der Waals surface area contributed by atoms with E-state index in [0.717, 1.165) is 12.8 Å². The van der Waals surface area contributed by atoms with Crippen molar-refractivity contribution in [1.82, 2.24) is 10.5 Å². The molecular formula is C11H14N2O2. The normalized spacial score (nSPS) is 11.8. The second kappa shape index (κ2) is 5.20. The fourth-order valence-electron chi connectivity index (χ4n) is 1.19. The highest BCUT2D eigenvalue weighted by molar-refractivity contribution is 5.91. The number of hydrogen-bond acceptors (Lipinski definition) is 3. The van der Waals surface area contributed by atoms with Crippen molar-refractivity contribution in [1.29, 1.82) is 0 Å². The number of amides is 1. The lowest BCUT2D eigenvalue weighted by Gasteiger charge is -2.09. The molecule has 0 bridgehead atoms. The summed E-state index contributed by atoms with van der Waals surface area (Å²) in [6.07, 6.45) is 6.96. The Morgan fingerprint density at radius 1 is 1.80 bits per heavy atom. The highest BCUT2D eigenvalue weighted by atomic mass is 16.5. The first kappa shape index (κ1) is 11.3. The highest BCUT2D eigenvalue weighted by Crippen LogP contribution is 2.03. The summed E-state index contributed by atoms with van der Waals surface area (Å²) in [5, 5.41) is 6.32. The van der Waals surface area contributed by atoms with Crippen molar-refractivity contribution < 1.29 is 9.32 Å². The van der Waals surface area contributed by atoms with E-state index in [1.54, 1.807) is 13.0 Å². The third-order valence-corrected chi connectivity index (χ3v) is 1.94. The Labute approximate surface area is 89.0 Å². The maximum atomic E-state index is 11.6. The summed E-state index contributed by atoms with van der Waals surface area (Å²) in [7, 11) is 0. The number of carbonyl (C=O) groups is 1. The van der Waals surface area contributed by atoms with Crippen molar-refractivity contribution in [3.8, 4) is 12.3 Å². The minimum Gasteiger partial charge on any atom is -0.351 e. The van der Waals surface area contributed by atoms with Crippen molar-refractivity contribution in [2.75, 3.05) is 0 Å². The molecule has 1 rings (SSSR count). The number of aromatic nitrogens is 1. The first-order chi connectivity index (χ1) is 7.17. The molecular weight excluding hydrogens is 192 g/mol. The van der Waals surface area contributed by atoms with Gasteiger partial charge in [-0.1, -0.05) is 24.4 Å². The highest BCUT2D eigenvalue weighted by Gasteiger charge is 2.14.